The molecule has 2 nitrogen and oxygen atoms in total. The third-order valence-electron chi connectivity index (χ3n) is 2.60. The van der Waals surface area contributed by atoms with Crippen LogP contribution in [0.4, 0.5) is 0 Å². The van der Waals surface area contributed by atoms with E-state index >= 15 is 0 Å². The summed E-state index contributed by atoms with van der Waals surface area (Å²) in [7, 11) is 0. The van der Waals surface area contributed by atoms with Crippen molar-refractivity contribution in [3.05, 3.63) is 64.4 Å². The standard InChI is InChI=1S/C14H14ClNO/c1-10-5-6-16-13(7-10)14(17)9-11-3-2-4-12(15)8-11/h2-8,14,17H,9H2,1H3. The van der Waals surface area contributed by atoms with Crippen LogP contribution in [-0.2, 0) is 6.42 Å². The molecule has 2 rings (SSSR count). The summed E-state index contributed by atoms with van der Waals surface area (Å²) in [6, 6.07) is 11.3. The van der Waals surface area contributed by atoms with Gasteiger partial charge in [0.1, 0.15) is 0 Å². The molecule has 0 spiro atoms. The number of aryl methyl sites for hydroxylation is 1. The summed E-state index contributed by atoms with van der Waals surface area (Å²) < 4.78 is 0. The smallest absolute Gasteiger partial charge is 0.1000 e. The Kier molecular flexibility index (Phi) is 3.77. The molecule has 0 aliphatic heterocycles. The minimum Gasteiger partial charge on any atom is -0.386 e. The fraction of sp³-hybridized carbons (Fsp3) is 0.214. The number of aliphatic hydroxyl groups excluding tert-OH is 1. The summed E-state index contributed by atoms with van der Waals surface area (Å²) in [5, 5.41) is 10.8. The first kappa shape index (κ1) is 12.1. The molecule has 0 fully saturated rings. The van der Waals surface area contributed by atoms with Crippen molar-refractivity contribution in [3.8, 4) is 0 Å². The predicted molar refractivity (Wildman–Crippen MR) is 69.1 cm³/mol. The maximum absolute atomic E-state index is 10.1. The Morgan fingerprint density at radius 3 is 2.82 bits per heavy atom. The summed E-state index contributed by atoms with van der Waals surface area (Å²) in [6.45, 7) is 1.98. The largest absolute Gasteiger partial charge is 0.386 e. The van der Waals surface area contributed by atoms with E-state index in [0.717, 1.165) is 11.1 Å². The van der Waals surface area contributed by atoms with Crippen LogP contribution in [0.25, 0.3) is 0 Å². The highest BCUT2D eigenvalue weighted by Crippen LogP contribution is 2.19. The minimum absolute atomic E-state index is 0.525. The normalized spacial score (nSPS) is 12.4. The lowest BCUT2D eigenvalue weighted by Crippen LogP contribution is -2.04. The second-order valence-electron chi connectivity index (χ2n) is 4.11. The summed E-state index contributed by atoms with van der Waals surface area (Å²) in [5.74, 6) is 0. The van der Waals surface area contributed by atoms with Gasteiger partial charge >= 0.3 is 0 Å². The lowest BCUT2D eigenvalue weighted by molar-refractivity contribution is 0.173. The maximum Gasteiger partial charge on any atom is 0.1000 e. The van der Waals surface area contributed by atoms with Gasteiger partial charge in [0, 0.05) is 17.6 Å². The molecule has 0 aliphatic carbocycles. The van der Waals surface area contributed by atoms with Crippen molar-refractivity contribution in [2.45, 2.75) is 19.4 Å². The summed E-state index contributed by atoms with van der Waals surface area (Å²) >= 11 is 5.90. The van der Waals surface area contributed by atoms with Crippen LogP contribution >= 0.6 is 11.6 Å². The third kappa shape index (κ3) is 3.29. The molecule has 1 aromatic carbocycles. The number of pyridine rings is 1. The number of aliphatic hydroxyl groups is 1. The summed E-state index contributed by atoms with van der Waals surface area (Å²) in [5.41, 5.74) is 2.80. The highest BCUT2D eigenvalue weighted by atomic mass is 35.5. The second-order valence-corrected chi connectivity index (χ2v) is 4.54. The first-order valence-corrected chi connectivity index (χ1v) is 5.88. The Balaban J connectivity index is 2.14. The molecule has 3 heteroatoms. The fourth-order valence-corrected chi connectivity index (χ4v) is 1.95. The van der Waals surface area contributed by atoms with Crippen LogP contribution in [0, 0.1) is 6.92 Å². The van der Waals surface area contributed by atoms with Crippen LogP contribution < -0.4 is 0 Å². The van der Waals surface area contributed by atoms with Crippen molar-refractivity contribution in [2.75, 3.05) is 0 Å². The van der Waals surface area contributed by atoms with Crippen molar-refractivity contribution in [3.63, 3.8) is 0 Å². The average Bonchev–Trinajstić information content (AvgIpc) is 2.29. The van der Waals surface area contributed by atoms with Crippen molar-refractivity contribution < 1.29 is 5.11 Å². The molecule has 2 aromatic rings. The predicted octanol–water partition coefficient (Wildman–Crippen LogP) is 3.32. The van der Waals surface area contributed by atoms with Crippen LogP contribution in [0.3, 0.4) is 0 Å². The zero-order valence-corrected chi connectivity index (χ0v) is 10.4. The highest BCUT2D eigenvalue weighted by Gasteiger charge is 2.10. The quantitative estimate of drug-likeness (QED) is 0.903. The Labute approximate surface area is 106 Å². The SMILES string of the molecule is Cc1ccnc(C(O)Cc2cccc(Cl)c2)c1. The Morgan fingerprint density at radius 1 is 1.29 bits per heavy atom. The maximum atomic E-state index is 10.1. The van der Waals surface area contributed by atoms with Crippen molar-refractivity contribution in [2.24, 2.45) is 0 Å². The molecule has 17 heavy (non-hydrogen) atoms. The summed E-state index contributed by atoms with van der Waals surface area (Å²) in [4.78, 5) is 4.18. The van der Waals surface area contributed by atoms with E-state index in [4.69, 9.17) is 11.6 Å². The molecule has 88 valence electrons. The number of hydrogen-bond donors (Lipinski definition) is 1. The van der Waals surface area contributed by atoms with E-state index in [0.29, 0.717) is 17.1 Å². The molecule has 1 heterocycles. The van der Waals surface area contributed by atoms with E-state index in [9.17, 15) is 5.11 Å². The molecule has 0 bridgehead atoms. The van der Waals surface area contributed by atoms with Gasteiger partial charge in [-0.05, 0) is 42.3 Å². The number of rotatable bonds is 3. The Hall–Kier alpha value is -1.38. The van der Waals surface area contributed by atoms with Gasteiger partial charge in [0.05, 0.1) is 11.8 Å². The van der Waals surface area contributed by atoms with E-state index in [1.54, 1.807) is 6.20 Å². The van der Waals surface area contributed by atoms with Crippen LogP contribution in [0.15, 0.2) is 42.6 Å². The van der Waals surface area contributed by atoms with Crippen molar-refractivity contribution in [1.82, 2.24) is 4.98 Å². The summed E-state index contributed by atoms with van der Waals surface area (Å²) in [6.07, 6.45) is 1.65. The van der Waals surface area contributed by atoms with E-state index in [1.807, 2.05) is 43.3 Å². The van der Waals surface area contributed by atoms with Gasteiger partial charge in [0.15, 0.2) is 0 Å². The molecule has 0 saturated carbocycles. The van der Waals surface area contributed by atoms with Crippen LogP contribution in [0.2, 0.25) is 5.02 Å². The number of nitrogens with zero attached hydrogens (tertiary/aromatic N) is 1. The molecule has 0 radical (unpaired) electrons. The van der Waals surface area contributed by atoms with Gasteiger partial charge in [0.25, 0.3) is 0 Å². The van der Waals surface area contributed by atoms with Gasteiger partial charge in [-0.3, -0.25) is 4.98 Å². The van der Waals surface area contributed by atoms with Gasteiger partial charge in [-0.15, -0.1) is 0 Å². The molecular weight excluding hydrogens is 234 g/mol. The van der Waals surface area contributed by atoms with Gasteiger partial charge < -0.3 is 5.11 Å². The number of aromatic nitrogens is 1. The molecule has 0 saturated heterocycles. The molecule has 1 N–H and O–H groups in total. The van der Waals surface area contributed by atoms with Crippen LogP contribution in [0.1, 0.15) is 22.9 Å². The van der Waals surface area contributed by atoms with Gasteiger partial charge in [-0.2, -0.15) is 0 Å². The van der Waals surface area contributed by atoms with Gasteiger partial charge in [-0.1, -0.05) is 23.7 Å². The molecular formula is C14H14ClNO. The van der Waals surface area contributed by atoms with Crippen LogP contribution in [0.5, 0.6) is 0 Å². The van der Waals surface area contributed by atoms with E-state index in [1.165, 1.54) is 0 Å². The number of halogens is 1. The van der Waals surface area contributed by atoms with Gasteiger partial charge in [-0.25, -0.2) is 0 Å². The molecule has 1 aromatic heterocycles. The zero-order chi connectivity index (χ0) is 12.3. The molecule has 1 atom stereocenters. The number of hydrogen-bond acceptors (Lipinski definition) is 2. The Bertz CT molecular complexity index is 513. The fourth-order valence-electron chi connectivity index (χ4n) is 1.73. The molecule has 0 aliphatic rings. The molecule has 1 unspecified atom stereocenters. The van der Waals surface area contributed by atoms with E-state index < -0.39 is 6.10 Å². The Morgan fingerprint density at radius 2 is 2.12 bits per heavy atom. The molecule has 0 amide bonds. The monoisotopic (exact) mass is 247 g/mol. The third-order valence-corrected chi connectivity index (χ3v) is 2.83. The van der Waals surface area contributed by atoms with Crippen molar-refractivity contribution in [1.29, 1.82) is 0 Å². The van der Waals surface area contributed by atoms with Crippen LogP contribution in [-0.4, -0.2) is 10.1 Å². The highest BCUT2D eigenvalue weighted by molar-refractivity contribution is 6.30. The zero-order valence-electron chi connectivity index (χ0n) is 9.60. The van der Waals surface area contributed by atoms with E-state index in [-0.39, 0.29) is 0 Å². The first-order valence-electron chi connectivity index (χ1n) is 5.50. The second kappa shape index (κ2) is 5.30. The minimum atomic E-state index is -0.589. The van der Waals surface area contributed by atoms with E-state index in [2.05, 4.69) is 4.98 Å². The lowest BCUT2D eigenvalue weighted by atomic mass is 10.0. The van der Waals surface area contributed by atoms with Crippen molar-refractivity contribution >= 4 is 11.6 Å². The number of benzene rings is 1. The first-order chi connectivity index (χ1) is 8.15. The average molecular weight is 248 g/mol. The topological polar surface area (TPSA) is 33.1 Å². The van der Waals surface area contributed by atoms with Gasteiger partial charge in [0.2, 0.25) is 0 Å². The lowest BCUT2D eigenvalue weighted by Gasteiger charge is -2.10.